The number of hydrogen-bond acceptors (Lipinski definition) is 6. The van der Waals surface area contributed by atoms with Gasteiger partial charge in [-0.1, -0.05) is 42.5 Å². The molecule has 2 unspecified atom stereocenters. The zero-order valence-electron chi connectivity index (χ0n) is 15.5. The molecule has 0 aliphatic carbocycles. The second kappa shape index (κ2) is 9.99. The van der Waals surface area contributed by atoms with Gasteiger partial charge >= 0.3 is 5.97 Å². The SMILES string of the molecule is COC(=O)C(C(OC)c1ccc(O)cc1)N(SCc1ccccc1)C(C)=O. The Morgan fingerprint density at radius 2 is 1.70 bits per heavy atom. The smallest absolute Gasteiger partial charge is 0.332 e. The van der Waals surface area contributed by atoms with Gasteiger partial charge in [0.1, 0.15) is 11.9 Å². The first kappa shape index (κ1) is 20.8. The van der Waals surface area contributed by atoms with Gasteiger partial charge in [-0.3, -0.25) is 9.10 Å². The summed E-state index contributed by atoms with van der Waals surface area (Å²) in [5.74, 6) is -0.247. The van der Waals surface area contributed by atoms with Crippen molar-refractivity contribution < 1.29 is 24.2 Å². The molecule has 27 heavy (non-hydrogen) atoms. The van der Waals surface area contributed by atoms with E-state index in [2.05, 4.69) is 0 Å². The molecular formula is C20H23NO5S. The summed E-state index contributed by atoms with van der Waals surface area (Å²) in [6.45, 7) is 1.40. The molecule has 0 saturated carbocycles. The van der Waals surface area contributed by atoms with Gasteiger partial charge < -0.3 is 14.6 Å². The van der Waals surface area contributed by atoms with E-state index in [1.54, 1.807) is 12.1 Å². The summed E-state index contributed by atoms with van der Waals surface area (Å²) in [5.41, 5.74) is 1.67. The lowest BCUT2D eigenvalue weighted by atomic mass is 10.0. The van der Waals surface area contributed by atoms with Gasteiger partial charge in [0, 0.05) is 19.8 Å². The number of aromatic hydroxyl groups is 1. The Kier molecular flexibility index (Phi) is 7.69. The molecule has 0 heterocycles. The minimum atomic E-state index is -0.976. The van der Waals surface area contributed by atoms with Gasteiger partial charge in [0.2, 0.25) is 5.91 Å². The average molecular weight is 389 g/mol. The fraction of sp³-hybridized carbons (Fsp3) is 0.300. The van der Waals surface area contributed by atoms with Crippen LogP contribution in [0.25, 0.3) is 0 Å². The molecule has 144 valence electrons. The number of carbonyl (C=O) groups is 2. The van der Waals surface area contributed by atoms with E-state index in [-0.39, 0.29) is 11.7 Å². The van der Waals surface area contributed by atoms with Crippen molar-refractivity contribution >= 4 is 23.8 Å². The molecule has 0 radical (unpaired) electrons. The van der Waals surface area contributed by atoms with Crippen LogP contribution >= 0.6 is 11.9 Å². The van der Waals surface area contributed by atoms with E-state index in [0.29, 0.717) is 11.3 Å². The molecular weight excluding hydrogens is 366 g/mol. The first-order chi connectivity index (χ1) is 13.0. The fourth-order valence-corrected chi connectivity index (χ4v) is 3.68. The van der Waals surface area contributed by atoms with E-state index in [0.717, 1.165) is 5.56 Å². The van der Waals surface area contributed by atoms with Gasteiger partial charge in [0.05, 0.1) is 7.11 Å². The van der Waals surface area contributed by atoms with Gasteiger partial charge in [-0.2, -0.15) is 0 Å². The molecule has 1 N–H and O–H groups in total. The van der Waals surface area contributed by atoms with E-state index >= 15 is 0 Å². The minimum Gasteiger partial charge on any atom is -0.508 e. The van der Waals surface area contributed by atoms with Gasteiger partial charge in [-0.25, -0.2) is 4.79 Å². The molecule has 0 aromatic heterocycles. The van der Waals surface area contributed by atoms with Gasteiger partial charge in [0.25, 0.3) is 0 Å². The number of amides is 1. The van der Waals surface area contributed by atoms with Crippen molar-refractivity contribution in [2.75, 3.05) is 14.2 Å². The standard InChI is InChI=1S/C20H23NO5S/c1-14(22)21(27-13-15-7-5-4-6-8-15)18(20(24)26-3)19(25-2)16-9-11-17(23)12-10-16/h4-12,18-19,23H,13H2,1-3H3. The van der Waals surface area contributed by atoms with E-state index < -0.39 is 18.1 Å². The number of carbonyl (C=O) groups excluding carboxylic acids is 2. The van der Waals surface area contributed by atoms with Crippen LogP contribution in [0.5, 0.6) is 5.75 Å². The molecule has 2 atom stereocenters. The summed E-state index contributed by atoms with van der Waals surface area (Å²) in [4.78, 5) is 24.9. The number of rotatable bonds is 8. The number of benzene rings is 2. The molecule has 7 heteroatoms. The van der Waals surface area contributed by atoms with Crippen LogP contribution in [0, 0.1) is 0 Å². The molecule has 0 aliphatic heterocycles. The van der Waals surface area contributed by atoms with Crippen LogP contribution < -0.4 is 0 Å². The summed E-state index contributed by atoms with van der Waals surface area (Å²) in [7, 11) is 2.74. The molecule has 2 aromatic rings. The summed E-state index contributed by atoms with van der Waals surface area (Å²) in [6.07, 6.45) is -0.745. The highest BCUT2D eigenvalue weighted by Gasteiger charge is 2.38. The maximum Gasteiger partial charge on any atom is 0.332 e. The van der Waals surface area contributed by atoms with E-state index in [1.165, 1.54) is 49.5 Å². The Morgan fingerprint density at radius 1 is 1.07 bits per heavy atom. The third-order valence-electron chi connectivity index (χ3n) is 3.98. The maximum absolute atomic E-state index is 12.6. The largest absolute Gasteiger partial charge is 0.508 e. The van der Waals surface area contributed by atoms with Crippen molar-refractivity contribution in [3.8, 4) is 5.75 Å². The summed E-state index contributed by atoms with van der Waals surface area (Å²) in [6, 6.07) is 15.0. The van der Waals surface area contributed by atoms with Crippen molar-refractivity contribution in [2.24, 2.45) is 0 Å². The van der Waals surface area contributed by atoms with E-state index in [4.69, 9.17) is 9.47 Å². The van der Waals surface area contributed by atoms with Crippen LogP contribution in [0.15, 0.2) is 54.6 Å². The third-order valence-corrected chi connectivity index (χ3v) is 5.21. The van der Waals surface area contributed by atoms with Gasteiger partial charge in [-0.15, -0.1) is 0 Å². The normalized spacial score (nSPS) is 12.9. The van der Waals surface area contributed by atoms with E-state index in [1.807, 2.05) is 30.3 Å². The average Bonchev–Trinajstić information content (AvgIpc) is 2.68. The second-order valence-corrected chi connectivity index (χ2v) is 6.76. The molecule has 1 amide bonds. The van der Waals surface area contributed by atoms with Crippen molar-refractivity contribution in [1.82, 2.24) is 4.31 Å². The Labute approximate surface area is 163 Å². The molecule has 2 aromatic carbocycles. The molecule has 0 aliphatic rings. The quantitative estimate of drug-likeness (QED) is 0.551. The van der Waals surface area contributed by atoms with Crippen LogP contribution in [0.1, 0.15) is 24.2 Å². The van der Waals surface area contributed by atoms with Crippen LogP contribution in [-0.2, 0) is 24.8 Å². The molecule has 2 rings (SSSR count). The van der Waals surface area contributed by atoms with Gasteiger partial charge in [0.15, 0.2) is 6.04 Å². The lowest BCUT2D eigenvalue weighted by molar-refractivity contribution is -0.153. The first-order valence-electron chi connectivity index (χ1n) is 8.34. The monoisotopic (exact) mass is 389 g/mol. The van der Waals surface area contributed by atoms with Crippen molar-refractivity contribution in [2.45, 2.75) is 24.8 Å². The number of nitrogens with zero attached hydrogens (tertiary/aromatic N) is 1. The fourth-order valence-electron chi connectivity index (χ4n) is 2.66. The summed E-state index contributed by atoms with van der Waals surface area (Å²) in [5, 5.41) is 9.51. The number of hydrogen-bond donors (Lipinski definition) is 1. The number of esters is 1. The van der Waals surface area contributed by atoms with E-state index in [9.17, 15) is 14.7 Å². The number of methoxy groups -OCH3 is 2. The Morgan fingerprint density at radius 3 is 2.22 bits per heavy atom. The first-order valence-corrected chi connectivity index (χ1v) is 9.28. The second-order valence-electron chi connectivity index (χ2n) is 5.82. The molecule has 6 nitrogen and oxygen atoms in total. The molecule has 0 bridgehead atoms. The van der Waals surface area contributed by atoms with Crippen molar-refractivity contribution in [3.05, 3.63) is 65.7 Å². The maximum atomic E-state index is 12.6. The van der Waals surface area contributed by atoms with Crippen LogP contribution in [0.2, 0.25) is 0 Å². The zero-order chi connectivity index (χ0) is 19.8. The summed E-state index contributed by atoms with van der Waals surface area (Å²) < 4.78 is 11.9. The zero-order valence-corrected chi connectivity index (χ0v) is 16.3. The summed E-state index contributed by atoms with van der Waals surface area (Å²) >= 11 is 1.23. The highest BCUT2D eigenvalue weighted by Crippen LogP contribution is 2.32. The van der Waals surface area contributed by atoms with Crippen molar-refractivity contribution in [3.63, 3.8) is 0 Å². The third kappa shape index (κ3) is 5.48. The Hall–Kier alpha value is -2.51. The minimum absolute atomic E-state index is 0.102. The van der Waals surface area contributed by atoms with Gasteiger partial charge in [-0.05, 0) is 35.2 Å². The Bertz CT molecular complexity index is 751. The lowest BCUT2D eigenvalue weighted by Crippen LogP contribution is -2.45. The molecule has 0 fully saturated rings. The van der Waals surface area contributed by atoms with Crippen LogP contribution in [0.4, 0.5) is 0 Å². The Balaban J connectivity index is 2.32. The molecule has 0 spiro atoms. The number of phenols is 1. The number of phenolic OH excluding ortho intramolecular Hbond substituents is 1. The van der Waals surface area contributed by atoms with Crippen LogP contribution in [0.3, 0.4) is 0 Å². The highest BCUT2D eigenvalue weighted by molar-refractivity contribution is 7.96. The van der Waals surface area contributed by atoms with Crippen molar-refractivity contribution in [1.29, 1.82) is 0 Å². The predicted octanol–water partition coefficient (Wildman–Crippen LogP) is 3.32. The molecule has 0 saturated heterocycles. The topological polar surface area (TPSA) is 76.1 Å². The van der Waals surface area contributed by atoms with Crippen LogP contribution in [-0.4, -0.2) is 41.5 Å². The predicted molar refractivity (Wildman–Crippen MR) is 104 cm³/mol. The number of ether oxygens (including phenoxy) is 2. The lowest BCUT2D eigenvalue weighted by Gasteiger charge is -2.33. The highest BCUT2D eigenvalue weighted by atomic mass is 32.2.